The fourth-order valence-corrected chi connectivity index (χ4v) is 3.00. The van der Waals surface area contributed by atoms with Crippen molar-refractivity contribution in [2.75, 3.05) is 31.2 Å². The lowest BCUT2D eigenvalue weighted by Crippen LogP contribution is -2.37. The van der Waals surface area contributed by atoms with Crippen molar-refractivity contribution in [2.24, 2.45) is 0 Å². The van der Waals surface area contributed by atoms with E-state index in [0.29, 0.717) is 24.3 Å². The third-order valence-electron chi connectivity index (χ3n) is 3.08. The largest absolute Gasteiger partial charge is 0.378 e. The lowest BCUT2D eigenvalue weighted by atomic mass is 10.2. The van der Waals surface area contributed by atoms with E-state index in [1.807, 2.05) is 18.2 Å². The summed E-state index contributed by atoms with van der Waals surface area (Å²) in [6.45, 7) is 2.94. The second-order valence-electron chi connectivity index (χ2n) is 4.56. The lowest BCUT2D eigenvalue weighted by molar-refractivity contribution is 0.122. The second-order valence-corrected chi connectivity index (χ2v) is 5.84. The first-order chi connectivity index (χ1) is 10.3. The Morgan fingerprint density at radius 2 is 1.86 bits per heavy atom. The zero-order valence-corrected chi connectivity index (χ0v) is 13.0. The van der Waals surface area contributed by atoms with Crippen molar-refractivity contribution in [2.45, 2.75) is 10.9 Å². The van der Waals surface area contributed by atoms with Crippen molar-refractivity contribution >= 4 is 29.3 Å². The summed E-state index contributed by atoms with van der Waals surface area (Å²) in [6, 6.07) is 10.2. The Bertz CT molecular complexity index is 593. The first-order valence-corrected chi connectivity index (χ1v) is 8.08. The molecule has 2 aromatic rings. The van der Waals surface area contributed by atoms with E-state index in [9.17, 15) is 0 Å². The highest BCUT2D eigenvalue weighted by molar-refractivity contribution is 7.98. The number of nitrogens with zero attached hydrogens (tertiary/aromatic N) is 4. The van der Waals surface area contributed by atoms with E-state index in [-0.39, 0.29) is 5.28 Å². The molecule has 0 spiro atoms. The van der Waals surface area contributed by atoms with Gasteiger partial charge in [-0.1, -0.05) is 42.1 Å². The van der Waals surface area contributed by atoms with E-state index in [1.54, 1.807) is 11.8 Å². The average Bonchev–Trinajstić information content (AvgIpc) is 2.54. The van der Waals surface area contributed by atoms with Gasteiger partial charge < -0.3 is 9.64 Å². The SMILES string of the molecule is Clc1nc(SCc2ccccc2)nc(N2CCOCC2)n1. The van der Waals surface area contributed by atoms with Crippen molar-refractivity contribution in [1.29, 1.82) is 0 Å². The molecular formula is C14H15ClN4OS. The molecule has 3 rings (SSSR count). The van der Waals surface area contributed by atoms with E-state index in [0.717, 1.165) is 18.8 Å². The number of hydrogen-bond donors (Lipinski definition) is 0. The van der Waals surface area contributed by atoms with E-state index in [2.05, 4.69) is 32.0 Å². The van der Waals surface area contributed by atoms with Crippen LogP contribution >= 0.6 is 23.4 Å². The normalized spacial score (nSPS) is 15.2. The highest BCUT2D eigenvalue weighted by Crippen LogP contribution is 2.22. The van der Waals surface area contributed by atoms with Gasteiger partial charge in [0.25, 0.3) is 0 Å². The molecular weight excluding hydrogens is 308 g/mol. The van der Waals surface area contributed by atoms with Crippen LogP contribution in [0.3, 0.4) is 0 Å². The number of morpholine rings is 1. The number of halogens is 1. The summed E-state index contributed by atoms with van der Waals surface area (Å²) in [5.74, 6) is 1.44. The van der Waals surface area contributed by atoms with Crippen molar-refractivity contribution in [3.8, 4) is 0 Å². The molecule has 1 aliphatic heterocycles. The number of rotatable bonds is 4. The van der Waals surface area contributed by atoms with E-state index >= 15 is 0 Å². The minimum Gasteiger partial charge on any atom is -0.378 e. The summed E-state index contributed by atoms with van der Waals surface area (Å²) >= 11 is 7.58. The van der Waals surface area contributed by atoms with Gasteiger partial charge in [-0.05, 0) is 17.2 Å². The van der Waals surface area contributed by atoms with Gasteiger partial charge in [0.05, 0.1) is 13.2 Å². The molecule has 0 saturated carbocycles. The fraction of sp³-hybridized carbons (Fsp3) is 0.357. The zero-order valence-electron chi connectivity index (χ0n) is 11.4. The molecule has 7 heteroatoms. The number of benzene rings is 1. The predicted molar refractivity (Wildman–Crippen MR) is 83.9 cm³/mol. The highest BCUT2D eigenvalue weighted by Gasteiger charge is 2.16. The van der Waals surface area contributed by atoms with E-state index < -0.39 is 0 Å². The van der Waals surface area contributed by atoms with Crippen molar-refractivity contribution in [3.05, 3.63) is 41.2 Å². The Morgan fingerprint density at radius 1 is 1.10 bits per heavy atom. The van der Waals surface area contributed by atoms with Crippen LogP contribution in [0.15, 0.2) is 35.5 Å². The molecule has 1 aliphatic rings. The fourth-order valence-electron chi connectivity index (χ4n) is 2.01. The van der Waals surface area contributed by atoms with Crippen molar-refractivity contribution in [3.63, 3.8) is 0 Å². The lowest BCUT2D eigenvalue weighted by Gasteiger charge is -2.26. The minimum atomic E-state index is 0.238. The predicted octanol–water partition coefficient (Wildman–Crippen LogP) is 2.65. The molecule has 0 atom stereocenters. The van der Waals surface area contributed by atoms with Crippen LogP contribution in [-0.4, -0.2) is 41.3 Å². The topological polar surface area (TPSA) is 51.1 Å². The highest BCUT2D eigenvalue weighted by atomic mass is 35.5. The van der Waals surface area contributed by atoms with E-state index in [1.165, 1.54) is 5.56 Å². The Morgan fingerprint density at radius 3 is 2.62 bits per heavy atom. The van der Waals surface area contributed by atoms with Gasteiger partial charge in [0.15, 0.2) is 5.16 Å². The van der Waals surface area contributed by atoms with Gasteiger partial charge in [0.2, 0.25) is 11.2 Å². The number of ether oxygens (including phenoxy) is 1. The number of aromatic nitrogens is 3. The van der Waals surface area contributed by atoms with Gasteiger partial charge in [-0.15, -0.1) is 0 Å². The monoisotopic (exact) mass is 322 g/mol. The zero-order chi connectivity index (χ0) is 14.5. The first kappa shape index (κ1) is 14.6. The quantitative estimate of drug-likeness (QED) is 0.807. The van der Waals surface area contributed by atoms with Gasteiger partial charge in [-0.3, -0.25) is 0 Å². The maximum absolute atomic E-state index is 6.02. The molecule has 0 amide bonds. The Labute approximate surface area is 132 Å². The minimum absolute atomic E-state index is 0.238. The summed E-state index contributed by atoms with van der Waals surface area (Å²) in [7, 11) is 0. The van der Waals surface area contributed by atoms with Gasteiger partial charge >= 0.3 is 0 Å². The standard InChI is InChI=1S/C14H15ClN4OS/c15-12-16-13(19-6-8-20-9-7-19)18-14(17-12)21-10-11-4-2-1-3-5-11/h1-5H,6-10H2. The van der Waals surface area contributed by atoms with Gasteiger partial charge in [0.1, 0.15) is 0 Å². The molecule has 0 bridgehead atoms. The van der Waals surface area contributed by atoms with Crippen LogP contribution in [0, 0.1) is 0 Å². The molecule has 110 valence electrons. The molecule has 1 saturated heterocycles. The number of anilines is 1. The summed E-state index contributed by atoms with van der Waals surface area (Å²) in [5, 5.41) is 0.891. The third-order valence-corrected chi connectivity index (χ3v) is 4.17. The maximum Gasteiger partial charge on any atom is 0.230 e. The summed E-state index contributed by atoms with van der Waals surface area (Å²) < 4.78 is 5.34. The number of thioether (sulfide) groups is 1. The van der Waals surface area contributed by atoms with Crippen molar-refractivity contribution < 1.29 is 4.74 Å². The first-order valence-electron chi connectivity index (χ1n) is 6.72. The molecule has 21 heavy (non-hydrogen) atoms. The Kier molecular flexibility index (Phi) is 4.90. The Balaban J connectivity index is 1.71. The van der Waals surface area contributed by atoms with Crippen LogP contribution in [-0.2, 0) is 10.5 Å². The summed E-state index contributed by atoms with van der Waals surface area (Å²) in [5.41, 5.74) is 1.23. The molecule has 1 aromatic carbocycles. The van der Waals surface area contributed by atoms with Crippen LogP contribution in [0.5, 0.6) is 0 Å². The molecule has 1 aromatic heterocycles. The van der Waals surface area contributed by atoms with Crippen LogP contribution < -0.4 is 4.90 Å². The maximum atomic E-state index is 6.02. The average molecular weight is 323 g/mol. The van der Waals surface area contributed by atoms with Crippen LogP contribution in [0.1, 0.15) is 5.56 Å². The van der Waals surface area contributed by atoms with Gasteiger partial charge in [0, 0.05) is 18.8 Å². The molecule has 2 heterocycles. The van der Waals surface area contributed by atoms with Crippen LogP contribution in [0.2, 0.25) is 5.28 Å². The van der Waals surface area contributed by atoms with E-state index in [4.69, 9.17) is 16.3 Å². The van der Waals surface area contributed by atoms with Gasteiger partial charge in [-0.25, -0.2) is 0 Å². The Hall–Kier alpha value is -1.37. The molecule has 1 fully saturated rings. The smallest absolute Gasteiger partial charge is 0.230 e. The summed E-state index contributed by atoms with van der Waals surface area (Å²) in [4.78, 5) is 15.0. The van der Waals surface area contributed by atoms with Crippen LogP contribution in [0.4, 0.5) is 5.95 Å². The summed E-state index contributed by atoms with van der Waals surface area (Å²) in [6.07, 6.45) is 0. The van der Waals surface area contributed by atoms with Crippen molar-refractivity contribution in [1.82, 2.24) is 15.0 Å². The second kappa shape index (κ2) is 7.06. The molecule has 0 radical (unpaired) electrons. The number of hydrogen-bond acceptors (Lipinski definition) is 6. The molecule has 0 unspecified atom stereocenters. The molecule has 0 aliphatic carbocycles. The van der Waals surface area contributed by atoms with Crippen LogP contribution in [0.25, 0.3) is 0 Å². The van der Waals surface area contributed by atoms with Gasteiger partial charge in [-0.2, -0.15) is 15.0 Å². The molecule has 5 nitrogen and oxygen atoms in total. The molecule has 0 N–H and O–H groups in total. The third kappa shape index (κ3) is 4.06.